The Bertz CT molecular complexity index is 481. The molecule has 0 bridgehead atoms. The van der Waals surface area contributed by atoms with Crippen LogP contribution in [-0.4, -0.2) is 49.1 Å². The first kappa shape index (κ1) is 17.8. The topological polar surface area (TPSA) is 15.7 Å². The van der Waals surface area contributed by atoms with E-state index in [-0.39, 0.29) is 0 Å². The van der Waals surface area contributed by atoms with Crippen molar-refractivity contribution in [3.63, 3.8) is 0 Å². The molecule has 0 aromatic heterocycles. The summed E-state index contributed by atoms with van der Waals surface area (Å²) in [6.07, 6.45) is 8.59. The summed E-state index contributed by atoms with van der Waals surface area (Å²) in [6, 6.07) is 9.20. The summed E-state index contributed by atoms with van der Waals surface area (Å²) in [4.78, 5) is 5.40. The van der Waals surface area contributed by atoms with E-state index in [1.54, 1.807) is 7.11 Å². The third kappa shape index (κ3) is 4.97. The summed E-state index contributed by atoms with van der Waals surface area (Å²) in [7, 11) is 1.73. The molecule has 24 heavy (non-hydrogen) atoms. The van der Waals surface area contributed by atoms with Crippen molar-refractivity contribution in [1.29, 1.82) is 0 Å². The number of methoxy groups -OCH3 is 1. The summed E-state index contributed by atoms with van der Waals surface area (Å²) in [6.45, 7) is 8.52. The van der Waals surface area contributed by atoms with Crippen LogP contribution in [0.15, 0.2) is 24.3 Å². The molecule has 3 rings (SSSR count). The molecule has 0 spiro atoms. The molecule has 1 atom stereocenters. The lowest BCUT2D eigenvalue weighted by Crippen LogP contribution is -2.40. The number of benzene rings is 1. The minimum absolute atomic E-state index is 0.637. The van der Waals surface area contributed by atoms with Crippen molar-refractivity contribution in [3.05, 3.63) is 29.8 Å². The standard InChI is InChI=1S/C21H34N2O/c1-18-15-22(16-19-7-4-3-5-8-19)13-6-14-23(18)17-20-9-11-21(24-2)12-10-20/h9-12,18-19H,3-8,13-17H2,1-2H3/t18-/m0/s1. The van der Waals surface area contributed by atoms with Crippen LogP contribution in [0.25, 0.3) is 0 Å². The summed E-state index contributed by atoms with van der Waals surface area (Å²) < 4.78 is 5.27. The van der Waals surface area contributed by atoms with E-state index < -0.39 is 0 Å². The fraction of sp³-hybridized carbons (Fsp3) is 0.714. The molecular formula is C21H34N2O. The largest absolute Gasteiger partial charge is 0.497 e. The highest BCUT2D eigenvalue weighted by molar-refractivity contribution is 5.27. The first-order valence-corrected chi connectivity index (χ1v) is 9.84. The summed E-state index contributed by atoms with van der Waals surface area (Å²) in [5, 5.41) is 0. The third-order valence-electron chi connectivity index (χ3n) is 5.85. The highest BCUT2D eigenvalue weighted by Gasteiger charge is 2.24. The monoisotopic (exact) mass is 330 g/mol. The van der Waals surface area contributed by atoms with Crippen LogP contribution in [0.2, 0.25) is 0 Å². The van der Waals surface area contributed by atoms with Crippen molar-refractivity contribution < 1.29 is 4.74 Å². The van der Waals surface area contributed by atoms with Crippen molar-refractivity contribution in [2.75, 3.05) is 33.3 Å². The van der Waals surface area contributed by atoms with Gasteiger partial charge in [-0.3, -0.25) is 4.90 Å². The molecule has 0 radical (unpaired) electrons. The lowest BCUT2D eigenvalue weighted by atomic mass is 9.89. The van der Waals surface area contributed by atoms with E-state index in [4.69, 9.17) is 4.74 Å². The molecule has 1 saturated heterocycles. The van der Waals surface area contributed by atoms with Crippen LogP contribution in [-0.2, 0) is 6.54 Å². The Morgan fingerprint density at radius 2 is 1.75 bits per heavy atom. The minimum atomic E-state index is 0.637. The second kappa shape index (κ2) is 8.87. The van der Waals surface area contributed by atoms with Crippen LogP contribution in [0.3, 0.4) is 0 Å². The van der Waals surface area contributed by atoms with Crippen LogP contribution in [0.4, 0.5) is 0 Å². The number of nitrogens with zero attached hydrogens (tertiary/aromatic N) is 2. The molecule has 1 aromatic carbocycles. The molecule has 2 fully saturated rings. The van der Waals surface area contributed by atoms with Gasteiger partial charge in [-0.1, -0.05) is 31.4 Å². The summed E-state index contributed by atoms with van der Waals surface area (Å²) >= 11 is 0. The maximum Gasteiger partial charge on any atom is 0.118 e. The molecule has 0 N–H and O–H groups in total. The van der Waals surface area contributed by atoms with E-state index in [9.17, 15) is 0 Å². The maximum absolute atomic E-state index is 5.27. The zero-order chi connectivity index (χ0) is 16.8. The minimum Gasteiger partial charge on any atom is -0.497 e. The fourth-order valence-electron chi connectivity index (χ4n) is 4.40. The smallest absolute Gasteiger partial charge is 0.118 e. The highest BCUT2D eigenvalue weighted by Crippen LogP contribution is 2.25. The normalized spacial score (nSPS) is 24.7. The van der Waals surface area contributed by atoms with Crippen LogP contribution < -0.4 is 4.74 Å². The number of hydrogen-bond acceptors (Lipinski definition) is 3. The first-order chi connectivity index (χ1) is 11.7. The van der Waals surface area contributed by atoms with Gasteiger partial charge in [0, 0.05) is 32.2 Å². The lowest BCUT2D eigenvalue weighted by molar-refractivity contribution is 0.162. The fourth-order valence-corrected chi connectivity index (χ4v) is 4.40. The predicted octanol–water partition coefficient (Wildman–Crippen LogP) is 4.17. The van der Waals surface area contributed by atoms with Crippen LogP contribution in [0.1, 0.15) is 51.0 Å². The highest BCUT2D eigenvalue weighted by atomic mass is 16.5. The Hall–Kier alpha value is -1.06. The van der Waals surface area contributed by atoms with Gasteiger partial charge in [0.2, 0.25) is 0 Å². The molecule has 0 amide bonds. The van der Waals surface area contributed by atoms with E-state index in [1.807, 2.05) is 0 Å². The van der Waals surface area contributed by atoms with E-state index in [0.29, 0.717) is 6.04 Å². The molecule has 1 heterocycles. The molecule has 3 heteroatoms. The van der Waals surface area contributed by atoms with Gasteiger partial charge in [0.1, 0.15) is 5.75 Å². The SMILES string of the molecule is COc1ccc(CN2CCCN(CC3CCCCC3)C[C@@H]2C)cc1. The van der Waals surface area contributed by atoms with Gasteiger partial charge in [-0.25, -0.2) is 0 Å². The number of rotatable bonds is 5. The molecule has 134 valence electrons. The zero-order valence-electron chi connectivity index (χ0n) is 15.5. The second-order valence-electron chi connectivity index (χ2n) is 7.78. The van der Waals surface area contributed by atoms with E-state index >= 15 is 0 Å². The predicted molar refractivity (Wildman–Crippen MR) is 100 cm³/mol. The first-order valence-electron chi connectivity index (χ1n) is 9.84. The van der Waals surface area contributed by atoms with E-state index in [0.717, 1.165) is 18.2 Å². The molecule has 1 aliphatic heterocycles. The van der Waals surface area contributed by atoms with E-state index in [1.165, 1.54) is 70.3 Å². The van der Waals surface area contributed by atoms with E-state index in [2.05, 4.69) is 41.0 Å². The average molecular weight is 331 g/mol. The maximum atomic E-state index is 5.27. The molecule has 2 aliphatic rings. The molecule has 1 saturated carbocycles. The quantitative estimate of drug-likeness (QED) is 0.806. The van der Waals surface area contributed by atoms with Gasteiger partial charge in [0.15, 0.2) is 0 Å². The van der Waals surface area contributed by atoms with Crippen molar-refractivity contribution in [2.24, 2.45) is 5.92 Å². The summed E-state index contributed by atoms with van der Waals surface area (Å²) in [5.74, 6) is 1.90. The third-order valence-corrected chi connectivity index (χ3v) is 5.85. The molecule has 1 aliphatic carbocycles. The Labute approximate surface area is 148 Å². The molecule has 1 aromatic rings. The Kier molecular flexibility index (Phi) is 6.56. The van der Waals surface area contributed by atoms with Crippen molar-refractivity contribution in [3.8, 4) is 5.75 Å². The van der Waals surface area contributed by atoms with Gasteiger partial charge in [0.05, 0.1) is 7.11 Å². The van der Waals surface area contributed by atoms with Gasteiger partial charge in [-0.05, 0) is 56.3 Å². The van der Waals surface area contributed by atoms with Gasteiger partial charge in [-0.15, -0.1) is 0 Å². The zero-order valence-corrected chi connectivity index (χ0v) is 15.5. The van der Waals surface area contributed by atoms with Crippen molar-refractivity contribution in [1.82, 2.24) is 9.80 Å². The molecular weight excluding hydrogens is 296 g/mol. The Morgan fingerprint density at radius 1 is 1.00 bits per heavy atom. The second-order valence-corrected chi connectivity index (χ2v) is 7.78. The van der Waals surface area contributed by atoms with Crippen LogP contribution in [0.5, 0.6) is 5.75 Å². The lowest BCUT2D eigenvalue weighted by Gasteiger charge is -2.32. The van der Waals surface area contributed by atoms with Crippen LogP contribution in [0, 0.1) is 5.92 Å². The number of ether oxygens (including phenoxy) is 1. The van der Waals surface area contributed by atoms with Gasteiger partial charge in [-0.2, -0.15) is 0 Å². The number of hydrogen-bond donors (Lipinski definition) is 0. The average Bonchev–Trinajstić information content (AvgIpc) is 2.78. The molecule has 3 nitrogen and oxygen atoms in total. The van der Waals surface area contributed by atoms with Crippen molar-refractivity contribution >= 4 is 0 Å². The van der Waals surface area contributed by atoms with Gasteiger partial charge in [0.25, 0.3) is 0 Å². The van der Waals surface area contributed by atoms with Gasteiger partial charge < -0.3 is 9.64 Å². The van der Waals surface area contributed by atoms with Crippen molar-refractivity contribution in [2.45, 2.75) is 58.0 Å². The molecule has 0 unspecified atom stereocenters. The Morgan fingerprint density at radius 3 is 2.46 bits per heavy atom. The van der Waals surface area contributed by atoms with Crippen LogP contribution >= 0.6 is 0 Å². The Balaban J connectivity index is 1.52. The summed E-state index contributed by atoms with van der Waals surface area (Å²) in [5.41, 5.74) is 1.39. The van der Waals surface area contributed by atoms with Gasteiger partial charge >= 0.3 is 0 Å².